The molecular formula is C9H9ClOS. The van der Waals surface area contributed by atoms with E-state index < -0.39 is 0 Å². The molecule has 1 aromatic rings. The minimum atomic E-state index is -0.355. The molecule has 0 aliphatic rings. The summed E-state index contributed by atoms with van der Waals surface area (Å²) in [6, 6.07) is 9.81. The van der Waals surface area contributed by atoms with Crippen LogP contribution in [-0.4, -0.2) is 4.57 Å². The summed E-state index contributed by atoms with van der Waals surface area (Å²) < 4.78 is -0.355. The van der Waals surface area contributed by atoms with Crippen molar-refractivity contribution >= 4 is 27.9 Å². The van der Waals surface area contributed by atoms with E-state index in [0.29, 0.717) is 0 Å². The molecular weight excluding hydrogens is 192 g/mol. The first-order chi connectivity index (χ1) is 5.70. The van der Waals surface area contributed by atoms with Crippen LogP contribution in [0.4, 0.5) is 4.79 Å². The van der Waals surface area contributed by atoms with Crippen LogP contribution in [0.3, 0.4) is 0 Å². The van der Waals surface area contributed by atoms with Crippen LogP contribution < -0.4 is 0 Å². The maximum absolute atomic E-state index is 10.6. The van der Waals surface area contributed by atoms with Crippen molar-refractivity contribution in [1.82, 2.24) is 0 Å². The molecule has 0 bridgehead atoms. The van der Waals surface area contributed by atoms with Gasteiger partial charge in [0.05, 0.1) is 0 Å². The van der Waals surface area contributed by atoms with E-state index in [4.69, 9.17) is 11.6 Å². The first-order valence-electron chi connectivity index (χ1n) is 3.61. The minimum absolute atomic E-state index is 0.135. The molecule has 0 saturated heterocycles. The molecule has 12 heavy (non-hydrogen) atoms. The van der Waals surface area contributed by atoms with E-state index in [9.17, 15) is 4.79 Å². The molecule has 0 N–H and O–H groups in total. The van der Waals surface area contributed by atoms with Gasteiger partial charge >= 0.3 is 0 Å². The first kappa shape index (κ1) is 9.62. The van der Waals surface area contributed by atoms with Crippen LogP contribution in [0, 0.1) is 0 Å². The summed E-state index contributed by atoms with van der Waals surface area (Å²) in [5.41, 5.74) is 1.12. The fraction of sp³-hybridized carbons (Fsp3) is 0.222. The van der Waals surface area contributed by atoms with Crippen molar-refractivity contribution in [2.24, 2.45) is 0 Å². The topological polar surface area (TPSA) is 17.1 Å². The lowest BCUT2D eigenvalue weighted by Crippen LogP contribution is -1.88. The third kappa shape index (κ3) is 2.88. The van der Waals surface area contributed by atoms with Gasteiger partial charge in [-0.05, 0) is 24.1 Å². The smallest absolute Gasteiger partial charge is 0.268 e. The SMILES string of the molecule is CC(SC(=O)Cl)c1ccccc1. The van der Waals surface area contributed by atoms with Gasteiger partial charge in [0.1, 0.15) is 0 Å². The zero-order chi connectivity index (χ0) is 8.97. The molecule has 1 nitrogen and oxygen atoms in total. The largest absolute Gasteiger partial charge is 0.280 e. The molecule has 1 unspecified atom stereocenters. The van der Waals surface area contributed by atoms with E-state index >= 15 is 0 Å². The molecule has 64 valence electrons. The molecule has 0 spiro atoms. The highest BCUT2D eigenvalue weighted by Crippen LogP contribution is 2.29. The third-order valence-electron chi connectivity index (χ3n) is 1.54. The highest BCUT2D eigenvalue weighted by Gasteiger charge is 2.08. The van der Waals surface area contributed by atoms with E-state index in [-0.39, 0.29) is 9.82 Å². The van der Waals surface area contributed by atoms with Gasteiger partial charge in [0.2, 0.25) is 0 Å². The number of rotatable bonds is 2. The van der Waals surface area contributed by atoms with E-state index in [1.165, 1.54) is 0 Å². The zero-order valence-electron chi connectivity index (χ0n) is 6.66. The predicted octanol–water partition coefficient (Wildman–Crippen LogP) is 3.84. The van der Waals surface area contributed by atoms with Crippen LogP contribution >= 0.6 is 23.4 Å². The van der Waals surface area contributed by atoms with Gasteiger partial charge in [-0.1, -0.05) is 42.1 Å². The second-order valence-corrected chi connectivity index (χ2v) is 4.29. The number of halogens is 1. The number of benzene rings is 1. The van der Waals surface area contributed by atoms with Gasteiger partial charge in [-0.25, -0.2) is 0 Å². The lowest BCUT2D eigenvalue weighted by atomic mass is 10.2. The van der Waals surface area contributed by atoms with Crippen molar-refractivity contribution in [3.8, 4) is 0 Å². The first-order valence-corrected chi connectivity index (χ1v) is 4.87. The van der Waals surface area contributed by atoms with Crippen LogP contribution in [0.1, 0.15) is 17.7 Å². The van der Waals surface area contributed by atoms with Crippen LogP contribution in [0.5, 0.6) is 0 Å². The number of carbonyl (C=O) groups excluding carboxylic acids is 1. The predicted molar refractivity (Wildman–Crippen MR) is 53.7 cm³/mol. The molecule has 3 heteroatoms. The van der Waals surface area contributed by atoms with Crippen LogP contribution in [0.2, 0.25) is 0 Å². The van der Waals surface area contributed by atoms with Gasteiger partial charge in [-0.3, -0.25) is 4.79 Å². The van der Waals surface area contributed by atoms with E-state index in [2.05, 4.69) is 0 Å². The van der Waals surface area contributed by atoms with Crippen molar-refractivity contribution in [1.29, 1.82) is 0 Å². The summed E-state index contributed by atoms with van der Waals surface area (Å²) in [5, 5.41) is 0.135. The molecule has 1 rings (SSSR count). The number of hydrogen-bond acceptors (Lipinski definition) is 2. The maximum atomic E-state index is 10.6. The van der Waals surface area contributed by atoms with E-state index in [1.54, 1.807) is 0 Å². The monoisotopic (exact) mass is 200 g/mol. The lowest BCUT2D eigenvalue weighted by molar-refractivity contribution is 0.276. The average Bonchev–Trinajstić information content (AvgIpc) is 2.05. The van der Waals surface area contributed by atoms with Crippen molar-refractivity contribution in [2.75, 3.05) is 0 Å². The number of hydrogen-bond donors (Lipinski definition) is 0. The Morgan fingerprint density at radius 1 is 1.42 bits per heavy atom. The molecule has 0 radical (unpaired) electrons. The molecule has 0 aliphatic heterocycles. The van der Waals surface area contributed by atoms with Crippen LogP contribution in [-0.2, 0) is 0 Å². The molecule has 0 heterocycles. The Hall–Kier alpha value is -0.470. The van der Waals surface area contributed by atoms with Gasteiger partial charge in [0.25, 0.3) is 4.57 Å². The Morgan fingerprint density at radius 3 is 2.50 bits per heavy atom. The number of carbonyl (C=O) groups is 1. The van der Waals surface area contributed by atoms with E-state index in [1.807, 2.05) is 37.3 Å². The standard InChI is InChI=1S/C9H9ClOS/c1-7(12-9(10)11)8-5-3-2-4-6-8/h2-7H,1H3. The normalized spacial score (nSPS) is 12.5. The molecule has 0 amide bonds. The second-order valence-electron chi connectivity index (χ2n) is 2.41. The van der Waals surface area contributed by atoms with Gasteiger partial charge in [0.15, 0.2) is 0 Å². The van der Waals surface area contributed by atoms with Crippen molar-refractivity contribution in [2.45, 2.75) is 12.2 Å². The van der Waals surface area contributed by atoms with Crippen molar-refractivity contribution < 1.29 is 4.79 Å². The summed E-state index contributed by atoms with van der Waals surface area (Å²) in [4.78, 5) is 10.6. The summed E-state index contributed by atoms with van der Waals surface area (Å²) in [7, 11) is 0. The van der Waals surface area contributed by atoms with Gasteiger partial charge in [-0.2, -0.15) is 0 Å². The lowest BCUT2D eigenvalue weighted by Gasteiger charge is -2.06. The number of thioether (sulfide) groups is 1. The maximum Gasteiger partial charge on any atom is 0.280 e. The fourth-order valence-corrected chi connectivity index (χ4v) is 1.90. The summed E-state index contributed by atoms with van der Waals surface area (Å²) in [6.45, 7) is 1.96. The zero-order valence-corrected chi connectivity index (χ0v) is 8.23. The molecule has 0 aliphatic carbocycles. The van der Waals surface area contributed by atoms with Gasteiger partial charge in [-0.15, -0.1) is 0 Å². The van der Waals surface area contributed by atoms with Crippen LogP contribution in [0.25, 0.3) is 0 Å². The second kappa shape index (κ2) is 4.53. The Labute approximate surface area is 81.1 Å². The molecule has 0 aromatic heterocycles. The third-order valence-corrected chi connectivity index (χ3v) is 2.62. The highest BCUT2D eigenvalue weighted by molar-refractivity contribution is 8.16. The molecule has 1 atom stereocenters. The Morgan fingerprint density at radius 2 is 2.00 bits per heavy atom. The van der Waals surface area contributed by atoms with Crippen molar-refractivity contribution in [3.63, 3.8) is 0 Å². The summed E-state index contributed by atoms with van der Waals surface area (Å²) in [6.07, 6.45) is 0. The Balaban J connectivity index is 2.65. The fourth-order valence-electron chi connectivity index (χ4n) is 0.931. The Kier molecular flexibility index (Phi) is 3.63. The molecule has 0 saturated carbocycles. The van der Waals surface area contributed by atoms with Crippen LogP contribution in [0.15, 0.2) is 30.3 Å². The molecule has 0 fully saturated rings. The van der Waals surface area contributed by atoms with Crippen molar-refractivity contribution in [3.05, 3.63) is 35.9 Å². The van der Waals surface area contributed by atoms with E-state index in [0.717, 1.165) is 17.3 Å². The quantitative estimate of drug-likeness (QED) is 0.675. The average molecular weight is 201 g/mol. The highest BCUT2D eigenvalue weighted by atomic mass is 35.5. The minimum Gasteiger partial charge on any atom is -0.268 e. The Bertz CT molecular complexity index is 260. The van der Waals surface area contributed by atoms with Gasteiger partial charge < -0.3 is 0 Å². The van der Waals surface area contributed by atoms with Gasteiger partial charge in [0, 0.05) is 5.25 Å². The summed E-state index contributed by atoms with van der Waals surface area (Å²) >= 11 is 6.38. The summed E-state index contributed by atoms with van der Waals surface area (Å²) in [5.74, 6) is 0. The molecule has 1 aromatic carbocycles.